The summed E-state index contributed by atoms with van der Waals surface area (Å²) in [4.78, 5) is 40.2. The summed E-state index contributed by atoms with van der Waals surface area (Å²) in [6.45, 7) is 0. The summed E-state index contributed by atoms with van der Waals surface area (Å²) in [5, 5.41) is 0. The number of pyridine rings is 1. The van der Waals surface area contributed by atoms with Crippen LogP contribution >= 0.6 is 0 Å². The molecule has 1 aromatic rings. The molecule has 44 heavy (non-hydrogen) atoms. The van der Waals surface area contributed by atoms with Gasteiger partial charge in [0.2, 0.25) is 0 Å². The second kappa shape index (κ2) is 10.8. The minimum Gasteiger partial charge on any atom is -0.330 e. The molecule has 0 radical (unpaired) electrons. The van der Waals surface area contributed by atoms with Crippen LogP contribution in [0.25, 0.3) is 0 Å². The fourth-order valence-electron chi connectivity index (χ4n) is 13.9. The van der Waals surface area contributed by atoms with Crippen LogP contribution in [0.1, 0.15) is 162 Å². The largest absolute Gasteiger partial charge is 0.330 e. The lowest BCUT2D eigenvalue weighted by atomic mass is 9.52. The Morgan fingerprint density at radius 2 is 0.955 bits per heavy atom. The molecule has 11 rings (SSSR count). The van der Waals surface area contributed by atoms with Crippen molar-refractivity contribution in [2.45, 2.75) is 164 Å². The van der Waals surface area contributed by atoms with Crippen LogP contribution in [0.2, 0.25) is 0 Å². The van der Waals surface area contributed by atoms with Gasteiger partial charge in [-0.25, -0.2) is 0 Å². The van der Waals surface area contributed by atoms with E-state index in [1.54, 1.807) is 6.20 Å². The van der Waals surface area contributed by atoms with Gasteiger partial charge in [0.15, 0.2) is 0 Å². The zero-order valence-corrected chi connectivity index (χ0v) is 27.1. The van der Waals surface area contributed by atoms with Gasteiger partial charge >= 0.3 is 0 Å². The number of hydrogen-bond acceptors (Lipinski definition) is 3. The third-order valence-electron chi connectivity index (χ3n) is 14.6. The van der Waals surface area contributed by atoms with E-state index < -0.39 is 0 Å². The zero-order chi connectivity index (χ0) is 29.5. The molecule has 0 aromatic carbocycles. The first kappa shape index (κ1) is 28.3. The van der Waals surface area contributed by atoms with E-state index in [1.807, 2.05) is 12.1 Å². The predicted octanol–water partition coefficient (Wildman–Crippen LogP) is 8.57. The third-order valence-corrected chi connectivity index (χ3v) is 14.6. The zero-order valence-electron chi connectivity index (χ0n) is 27.1. The van der Waals surface area contributed by atoms with Gasteiger partial charge in [0.1, 0.15) is 5.69 Å². The normalized spacial score (nSPS) is 41.2. The summed E-state index contributed by atoms with van der Waals surface area (Å²) in [5.41, 5.74) is 1.07. The fourth-order valence-corrected chi connectivity index (χ4v) is 13.9. The molecule has 0 saturated heterocycles. The number of amides is 2. The summed E-state index contributed by atoms with van der Waals surface area (Å²) < 4.78 is 0. The Morgan fingerprint density at radius 3 is 1.36 bits per heavy atom. The van der Waals surface area contributed by atoms with Crippen LogP contribution in [-0.4, -0.2) is 49.8 Å². The summed E-state index contributed by atoms with van der Waals surface area (Å²) in [5.74, 6) is 4.93. The van der Waals surface area contributed by atoms with E-state index in [1.165, 1.54) is 116 Å². The van der Waals surface area contributed by atoms with E-state index in [4.69, 9.17) is 4.98 Å². The van der Waals surface area contributed by atoms with Crippen molar-refractivity contribution in [3.05, 3.63) is 29.6 Å². The average Bonchev–Trinajstić information content (AvgIpc) is 3.01. The molecule has 10 aliphatic carbocycles. The molecule has 1 heterocycles. The molecule has 10 saturated carbocycles. The third kappa shape index (κ3) is 4.62. The lowest BCUT2D eigenvalue weighted by Crippen LogP contribution is -2.65. The first-order chi connectivity index (χ1) is 21.5. The SMILES string of the molecule is O=C(c1cccnc1C(=O)N(C1CCCCC1)C12CC3CC(CC(C3)C1)C2)N(C1CCCCC1)C12CC3CC(CC(C3)C1)C2. The number of aromatic nitrogens is 1. The topological polar surface area (TPSA) is 53.5 Å². The first-order valence-corrected chi connectivity index (χ1v) is 19.1. The molecule has 0 spiro atoms. The summed E-state index contributed by atoms with van der Waals surface area (Å²) in [6.07, 6.45) is 29.1. The molecule has 1 aromatic heterocycles. The molecule has 2 amide bonds. The molecule has 238 valence electrons. The Hall–Kier alpha value is -1.91. The van der Waals surface area contributed by atoms with Gasteiger partial charge in [-0.1, -0.05) is 38.5 Å². The van der Waals surface area contributed by atoms with Gasteiger partial charge in [-0.15, -0.1) is 0 Å². The van der Waals surface area contributed by atoms with Crippen molar-refractivity contribution in [1.82, 2.24) is 14.8 Å². The highest BCUT2D eigenvalue weighted by Gasteiger charge is 2.58. The highest BCUT2D eigenvalue weighted by Crippen LogP contribution is 2.60. The quantitative estimate of drug-likeness (QED) is 0.330. The smallest absolute Gasteiger partial charge is 0.273 e. The number of carbonyl (C=O) groups excluding carboxylic acids is 2. The average molecular weight is 598 g/mol. The molecule has 8 bridgehead atoms. The van der Waals surface area contributed by atoms with E-state index >= 15 is 9.59 Å². The molecule has 5 nitrogen and oxygen atoms in total. The Labute approximate surface area is 265 Å². The van der Waals surface area contributed by atoms with Gasteiger partial charge in [0.25, 0.3) is 11.8 Å². The lowest BCUT2D eigenvalue weighted by molar-refractivity contribution is -0.0930. The van der Waals surface area contributed by atoms with Crippen LogP contribution in [0.3, 0.4) is 0 Å². The maximum absolute atomic E-state index is 15.2. The van der Waals surface area contributed by atoms with E-state index in [0.29, 0.717) is 23.3 Å². The van der Waals surface area contributed by atoms with Crippen molar-refractivity contribution in [2.24, 2.45) is 35.5 Å². The van der Waals surface area contributed by atoms with Crippen LogP contribution < -0.4 is 0 Å². The van der Waals surface area contributed by atoms with Crippen LogP contribution in [-0.2, 0) is 0 Å². The lowest BCUT2D eigenvalue weighted by Gasteiger charge is -2.62. The molecule has 10 fully saturated rings. The second-order valence-electron chi connectivity index (χ2n) is 17.6. The Bertz CT molecular complexity index is 1110. The van der Waals surface area contributed by atoms with Gasteiger partial charge in [0, 0.05) is 29.4 Å². The standard InChI is InChI=1S/C39H55N3O2/c43-36(41(32-8-3-1-4-9-32)38-20-26-14-27(21-38)16-28(15-26)22-38)34-12-7-13-40-35(34)37(44)42(33-10-5-2-6-11-33)39-23-29-17-30(24-39)19-31(18-29)25-39/h7,12-13,26-33H,1-6,8-11,14-25H2. The molecular formula is C39H55N3O2. The first-order valence-electron chi connectivity index (χ1n) is 19.1. The predicted molar refractivity (Wildman–Crippen MR) is 172 cm³/mol. The molecular weight excluding hydrogens is 542 g/mol. The molecule has 0 atom stereocenters. The Kier molecular flexibility index (Phi) is 6.97. The molecule has 10 aliphatic rings. The number of nitrogens with zero attached hydrogens (tertiary/aromatic N) is 3. The van der Waals surface area contributed by atoms with Crippen molar-refractivity contribution >= 4 is 11.8 Å². The summed E-state index contributed by atoms with van der Waals surface area (Å²) in [7, 11) is 0. The monoisotopic (exact) mass is 597 g/mol. The Morgan fingerprint density at radius 1 is 0.568 bits per heavy atom. The summed E-state index contributed by atoms with van der Waals surface area (Å²) >= 11 is 0. The number of hydrogen-bond donors (Lipinski definition) is 0. The van der Waals surface area contributed by atoms with Gasteiger partial charge < -0.3 is 9.80 Å². The van der Waals surface area contributed by atoms with Crippen LogP contribution in [0.5, 0.6) is 0 Å². The van der Waals surface area contributed by atoms with Crippen molar-refractivity contribution in [3.63, 3.8) is 0 Å². The van der Waals surface area contributed by atoms with E-state index in [2.05, 4.69) is 9.80 Å². The summed E-state index contributed by atoms with van der Waals surface area (Å²) in [6, 6.07) is 4.53. The van der Waals surface area contributed by atoms with E-state index in [9.17, 15) is 0 Å². The molecule has 0 aliphatic heterocycles. The van der Waals surface area contributed by atoms with E-state index in [0.717, 1.165) is 61.2 Å². The minimum absolute atomic E-state index is 0.00696. The maximum Gasteiger partial charge on any atom is 0.273 e. The number of rotatable bonds is 6. The van der Waals surface area contributed by atoms with Crippen molar-refractivity contribution in [2.75, 3.05) is 0 Å². The fraction of sp³-hybridized carbons (Fsp3) is 0.821. The minimum atomic E-state index is -0.0192. The van der Waals surface area contributed by atoms with Crippen LogP contribution in [0, 0.1) is 35.5 Å². The van der Waals surface area contributed by atoms with Gasteiger partial charge in [0.05, 0.1) is 5.56 Å². The maximum atomic E-state index is 15.2. The van der Waals surface area contributed by atoms with Crippen molar-refractivity contribution in [3.8, 4) is 0 Å². The van der Waals surface area contributed by atoms with E-state index in [-0.39, 0.29) is 22.9 Å². The highest BCUT2D eigenvalue weighted by molar-refractivity contribution is 6.06. The van der Waals surface area contributed by atoms with Crippen LogP contribution in [0.15, 0.2) is 18.3 Å². The molecule has 5 heteroatoms. The molecule has 0 unspecified atom stereocenters. The molecule has 0 N–H and O–H groups in total. The van der Waals surface area contributed by atoms with Crippen molar-refractivity contribution in [1.29, 1.82) is 0 Å². The van der Waals surface area contributed by atoms with Crippen molar-refractivity contribution < 1.29 is 9.59 Å². The number of carbonyl (C=O) groups is 2. The van der Waals surface area contributed by atoms with Crippen LogP contribution in [0.4, 0.5) is 0 Å². The second-order valence-corrected chi connectivity index (χ2v) is 17.6. The highest BCUT2D eigenvalue weighted by atomic mass is 16.2. The van der Waals surface area contributed by atoms with Gasteiger partial charge in [-0.3, -0.25) is 14.6 Å². The van der Waals surface area contributed by atoms with Gasteiger partial charge in [-0.05, 0) is 150 Å². The Balaban J connectivity index is 1.10. The van der Waals surface area contributed by atoms with Gasteiger partial charge in [-0.2, -0.15) is 0 Å².